The van der Waals surface area contributed by atoms with Gasteiger partial charge in [-0.25, -0.2) is 8.42 Å². The number of hydrogen-bond donors (Lipinski definition) is 0. The number of hydrogen-bond acceptors (Lipinski definition) is 4. The molecule has 0 unspecified atom stereocenters. The predicted octanol–water partition coefficient (Wildman–Crippen LogP) is 3.01. The summed E-state index contributed by atoms with van der Waals surface area (Å²) in [6, 6.07) is 8.68. The lowest BCUT2D eigenvalue weighted by molar-refractivity contribution is 0.385. The Balaban J connectivity index is 1.76. The SMILES string of the molecule is O=S(=O)(c1ccc(Br)cc1Cl)N1CCN(c2ccncc2)CC1. The van der Waals surface area contributed by atoms with Crippen LogP contribution in [0.25, 0.3) is 0 Å². The summed E-state index contributed by atoms with van der Waals surface area (Å²) in [5.74, 6) is 0. The van der Waals surface area contributed by atoms with Gasteiger partial charge in [-0.05, 0) is 30.3 Å². The number of pyridine rings is 1. The van der Waals surface area contributed by atoms with E-state index in [9.17, 15) is 8.42 Å². The van der Waals surface area contributed by atoms with Gasteiger partial charge in [0.15, 0.2) is 0 Å². The number of rotatable bonds is 3. The van der Waals surface area contributed by atoms with Gasteiger partial charge in [-0.2, -0.15) is 4.31 Å². The van der Waals surface area contributed by atoms with Crippen LogP contribution in [0.1, 0.15) is 0 Å². The predicted molar refractivity (Wildman–Crippen MR) is 94.4 cm³/mol. The van der Waals surface area contributed by atoms with Crippen molar-refractivity contribution < 1.29 is 8.42 Å². The molecule has 1 fully saturated rings. The van der Waals surface area contributed by atoms with Crippen molar-refractivity contribution in [2.45, 2.75) is 4.90 Å². The fourth-order valence-electron chi connectivity index (χ4n) is 2.57. The molecule has 1 aromatic heterocycles. The quantitative estimate of drug-likeness (QED) is 0.772. The summed E-state index contributed by atoms with van der Waals surface area (Å²) in [5, 5.41) is 0.232. The van der Waals surface area contributed by atoms with Crippen LogP contribution in [0, 0.1) is 0 Å². The minimum atomic E-state index is -3.57. The number of anilines is 1. The van der Waals surface area contributed by atoms with Crippen LogP contribution >= 0.6 is 27.5 Å². The topological polar surface area (TPSA) is 53.5 Å². The Hall–Kier alpha value is -1.15. The molecule has 1 aliphatic heterocycles. The van der Waals surface area contributed by atoms with Crippen molar-refractivity contribution >= 4 is 43.2 Å². The van der Waals surface area contributed by atoms with Gasteiger partial charge in [0.25, 0.3) is 0 Å². The average Bonchev–Trinajstić information content (AvgIpc) is 2.55. The number of sulfonamides is 1. The molecule has 1 aliphatic rings. The molecule has 0 aliphatic carbocycles. The fraction of sp³-hybridized carbons (Fsp3) is 0.267. The third-order valence-electron chi connectivity index (χ3n) is 3.78. The van der Waals surface area contributed by atoms with Crippen LogP contribution in [0.4, 0.5) is 5.69 Å². The normalized spacial score (nSPS) is 16.5. The van der Waals surface area contributed by atoms with E-state index >= 15 is 0 Å². The van der Waals surface area contributed by atoms with Crippen LogP contribution < -0.4 is 4.90 Å². The van der Waals surface area contributed by atoms with Crippen LogP contribution in [0.15, 0.2) is 52.1 Å². The molecule has 0 atom stereocenters. The zero-order chi connectivity index (χ0) is 16.4. The molecule has 0 radical (unpaired) electrons. The Morgan fingerprint density at radius 2 is 1.70 bits per heavy atom. The molecular weight excluding hydrogens is 402 g/mol. The number of aromatic nitrogens is 1. The van der Waals surface area contributed by atoms with Crippen LogP contribution in [0.2, 0.25) is 5.02 Å². The van der Waals surface area contributed by atoms with Gasteiger partial charge < -0.3 is 4.90 Å². The summed E-state index contributed by atoms with van der Waals surface area (Å²) in [5.41, 5.74) is 1.05. The molecular formula is C15H15BrClN3O2S. The lowest BCUT2D eigenvalue weighted by atomic mass is 10.3. The van der Waals surface area contributed by atoms with Crippen LogP contribution in [-0.2, 0) is 10.0 Å². The molecule has 0 amide bonds. The van der Waals surface area contributed by atoms with Crippen molar-refractivity contribution in [1.29, 1.82) is 0 Å². The van der Waals surface area contributed by atoms with Gasteiger partial charge >= 0.3 is 0 Å². The summed E-state index contributed by atoms with van der Waals surface area (Å²) >= 11 is 9.39. The van der Waals surface area contributed by atoms with Gasteiger partial charge in [0.2, 0.25) is 10.0 Å². The first-order valence-electron chi connectivity index (χ1n) is 7.08. The highest BCUT2D eigenvalue weighted by Gasteiger charge is 2.30. The fourth-order valence-corrected chi connectivity index (χ4v) is 5.00. The van der Waals surface area contributed by atoms with Crippen LogP contribution in [0.3, 0.4) is 0 Å². The highest BCUT2D eigenvalue weighted by atomic mass is 79.9. The number of halogens is 2. The minimum Gasteiger partial charge on any atom is -0.369 e. The first kappa shape index (κ1) is 16.7. The third-order valence-corrected chi connectivity index (χ3v) is 6.65. The summed E-state index contributed by atoms with van der Waals surface area (Å²) in [4.78, 5) is 6.30. The monoisotopic (exact) mass is 415 g/mol. The zero-order valence-corrected chi connectivity index (χ0v) is 15.4. The number of benzene rings is 1. The van der Waals surface area contributed by atoms with E-state index in [0.29, 0.717) is 26.2 Å². The third kappa shape index (κ3) is 3.52. The standard InChI is InChI=1S/C15H15BrClN3O2S/c16-12-1-2-15(14(17)11-12)23(21,22)20-9-7-19(8-10-20)13-3-5-18-6-4-13/h1-6,11H,7-10H2. The van der Waals surface area contributed by atoms with Crippen molar-refractivity contribution in [3.63, 3.8) is 0 Å². The minimum absolute atomic E-state index is 0.153. The maximum atomic E-state index is 12.8. The zero-order valence-electron chi connectivity index (χ0n) is 12.2. The summed E-state index contributed by atoms with van der Waals surface area (Å²) in [7, 11) is -3.57. The number of nitrogens with zero attached hydrogens (tertiary/aromatic N) is 3. The molecule has 0 saturated carbocycles. The van der Waals surface area contributed by atoms with E-state index in [2.05, 4.69) is 25.8 Å². The van der Waals surface area contributed by atoms with E-state index in [1.807, 2.05) is 12.1 Å². The highest BCUT2D eigenvalue weighted by molar-refractivity contribution is 9.10. The van der Waals surface area contributed by atoms with Crippen molar-refractivity contribution in [2.24, 2.45) is 0 Å². The second-order valence-corrected chi connectivity index (χ2v) is 8.40. The second-order valence-electron chi connectivity index (χ2n) is 5.17. The van der Waals surface area contributed by atoms with Gasteiger partial charge in [0.1, 0.15) is 4.90 Å². The van der Waals surface area contributed by atoms with Gasteiger partial charge in [-0.3, -0.25) is 4.98 Å². The molecule has 8 heteroatoms. The molecule has 0 spiro atoms. The molecule has 122 valence electrons. The first-order valence-corrected chi connectivity index (χ1v) is 9.70. The summed E-state index contributed by atoms with van der Waals surface area (Å²) < 4.78 is 27.8. The smallest absolute Gasteiger partial charge is 0.244 e. The Morgan fingerprint density at radius 1 is 1.04 bits per heavy atom. The van der Waals surface area contributed by atoms with E-state index in [1.165, 1.54) is 10.4 Å². The highest BCUT2D eigenvalue weighted by Crippen LogP contribution is 2.28. The van der Waals surface area contributed by atoms with Crippen molar-refractivity contribution in [1.82, 2.24) is 9.29 Å². The van der Waals surface area contributed by atoms with Crippen molar-refractivity contribution in [2.75, 3.05) is 31.1 Å². The van der Waals surface area contributed by atoms with Gasteiger partial charge in [0.05, 0.1) is 5.02 Å². The molecule has 0 N–H and O–H groups in total. The van der Waals surface area contributed by atoms with Crippen LogP contribution in [-0.4, -0.2) is 43.9 Å². The molecule has 2 aromatic rings. The average molecular weight is 417 g/mol. The lowest BCUT2D eigenvalue weighted by Gasteiger charge is -2.35. The van der Waals surface area contributed by atoms with Gasteiger partial charge in [0, 0.05) is 48.7 Å². The summed E-state index contributed by atoms with van der Waals surface area (Å²) in [6.07, 6.45) is 3.47. The van der Waals surface area contributed by atoms with Crippen LogP contribution in [0.5, 0.6) is 0 Å². The maximum absolute atomic E-state index is 12.8. The van der Waals surface area contributed by atoms with Crippen molar-refractivity contribution in [3.05, 3.63) is 52.2 Å². The lowest BCUT2D eigenvalue weighted by Crippen LogP contribution is -2.48. The molecule has 1 saturated heterocycles. The Bertz CT molecular complexity index is 794. The van der Waals surface area contributed by atoms with E-state index in [-0.39, 0.29) is 9.92 Å². The molecule has 1 aromatic carbocycles. The molecule has 5 nitrogen and oxygen atoms in total. The van der Waals surface area contributed by atoms with Gasteiger partial charge in [-0.1, -0.05) is 27.5 Å². The van der Waals surface area contributed by atoms with Gasteiger partial charge in [-0.15, -0.1) is 0 Å². The number of piperazine rings is 1. The van der Waals surface area contributed by atoms with E-state index in [4.69, 9.17) is 11.6 Å². The van der Waals surface area contributed by atoms with E-state index in [0.717, 1.165) is 10.2 Å². The van der Waals surface area contributed by atoms with Crippen molar-refractivity contribution in [3.8, 4) is 0 Å². The molecule has 2 heterocycles. The largest absolute Gasteiger partial charge is 0.369 e. The molecule has 3 rings (SSSR count). The Morgan fingerprint density at radius 3 is 2.30 bits per heavy atom. The van der Waals surface area contributed by atoms with E-state index < -0.39 is 10.0 Å². The Labute approximate surface area is 149 Å². The molecule has 0 bridgehead atoms. The summed E-state index contributed by atoms with van der Waals surface area (Å²) in [6.45, 7) is 2.13. The Kier molecular flexibility index (Phi) is 4.91. The molecule has 23 heavy (non-hydrogen) atoms. The maximum Gasteiger partial charge on any atom is 0.244 e. The first-order chi connectivity index (χ1) is 11.0. The second kappa shape index (κ2) is 6.76. The van der Waals surface area contributed by atoms with E-state index in [1.54, 1.807) is 24.5 Å².